The number of anilines is 3. The molecule has 0 saturated heterocycles. The molecular formula is C52H48N4. The summed E-state index contributed by atoms with van der Waals surface area (Å²) in [5.74, 6) is 0. The van der Waals surface area contributed by atoms with Crippen molar-refractivity contribution in [1.82, 2.24) is 0 Å². The van der Waals surface area contributed by atoms with Crippen molar-refractivity contribution in [3.63, 3.8) is 0 Å². The molecule has 0 spiro atoms. The quantitative estimate of drug-likeness (QED) is 0.0536. The maximum atomic E-state index is 6.60. The largest absolute Gasteiger partial charge is 0.405 e. The van der Waals surface area contributed by atoms with Gasteiger partial charge in [-0.25, -0.2) is 0 Å². The fourth-order valence-electron chi connectivity index (χ4n) is 8.52. The van der Waals surface area contributed by atoms with Gasteiger partial charge >= 0.3 is 0 Å². The van der Waals surface area contributed by atoms with Gasteiger partial charge in [0.15, 0.2) is 0 Å². The van der Waals surface area contributed by atoms with Gasteiger partial charge in [-0.05, 0) is 139 Å². The van der Waals surface area contributed by atoms with E-state index >= 15 is 0 Å². The first kappa shape index (κ1) is 36.2. The van der Waals surface area contributed by atoms with Gasteiger partial charge in [-0.2, -0.15) is 0 Å². The summed E-state index contributed by atoms with van der Waals surface area (Å²) in [6.07, 6.45) is 15.5. The van der Waals surface area contributed by atoms with Crippen LogP contribution in [-0.4, -0.2) is 0 Å². The first-order valence-electron chi connectivity index (χ1n) is 19.4. The van der Waals surface area contributed by atoms with Crippen LogP contribution < -0.4 is 22.1 Å². The summed E-state index contributed by atoms with van der Waals surface area (Å²) in [4.78, 5) is 2.30. The summed E-state index contributed by atoms with van der Waals surface area (Å²) in [6, 6.07) is 50.2. The van der Waals surface area contributed by atoms with Gasteiger partial charge in [0.1, 0.15) is 0 Å². The summed E-state index contributed by atoms with van der Waals surface area (Å²) in [5.41, 5.74) is 32.3. The van der Waals surface area contributed by atoms with E-state index in [1.54, 1.807) is 12.4 Å². The minimum absolute atomic E-state index is 0.157. The number of fused-ring (bicyclic) bond motifs is 5. The predicted molar refractivity (Wildman–Crippen MR) is 241 cm³/mol. The van der Waals surface area contributed by atoms with E-state index in [0.717, 1.165) is 41.0 Å². The number of unbranched alkanes of at least 4 members (excludes halogenated alkanes) is 1. The molecule has 0 aromatic heterocycles. The molecule has 0 amide bonds. The summed E-state index contributed by atoms with van der Waals surface area (Å²) < 4.78 is 0. The number of benzene rings is 7. The second kappa shape index (κ2) is 15.5. The van der Waals surface area contributed by atoms with Crippen LogP contribution in [-0.2, 0) is 12.0 Å². The molecule has 0 unspecified atom stereocenters. The maximum absolute atomic E-state index is 6.60. The Morgan fingerprint density at radius 3 is 2.16 bits per heavy atom. The van der Waals surface area contributed by atoms with E-state index in [0.29, 0.717) is 6.54 Å². The van der Waals surface area contributed by atoms with Crippen LogP contribution in [0.25, 0.3) is 49.4 Å². The molecular weight excluding hydrogens is 681 g/mol. The molecule has 1 aliphatic carbocycles. The molecule has 0 atom stereocenters. The van der Waals surface area contributed by atoms with E-state index < -0.39 is 0 Å². The molecule has 0 aliphatic heterocycles. The molecule has 0 bridgehead atoms. The van der Waals surface area contributed by atoms with Gasteiger partial charge in [0.25, 0.3) is 0 Å². The highest BCUT2D eigenvalue weighted by atomic mass is 15.1. The van der Waals surface area contributed by atoms with Crippen LogP contribution >= 0.6 is 0 Å². The fourth-order valence-corrected chi connectivity index (χ4v) is 8.52. The van der Waals surface area contributed by atoms with Gasteiger partial charge in [0, 0.05) is 23.8 Å². The lowest BCUT2D eigenvalue weighted by molar-refractivity contribution is 0.661. The fraction of sp³-hybridized carbons (Fsp3) is 0.115. The van der Waals surface area contributed by atoms with Crippen molar-refractivity contribution in [2.45, 2.75) is 38.6 Å². The Morgan fingerprint density at radius 2 is 1.36 bits per heavy atom. The second-order valence-corrected chi connectivity index (χ2v) is 15.0. The Hall–Kier alpha value is -6.78. The van der Waals surface area contributed by atoms with E-state index in [4.69, 9.17) is 17.2 Å². The number of allylic oxidation sites excluding steroid dienone is 6. The topological polar surface area (TPSA) is 81.3 Å². The molecule has 8 rings (SSSR count). The van der Waals surface area contributed by atoms with E-state index in [1.165, 1.54) is 60.5 Å². The lowest BCUT2D eigenvalue weighted by atomic mass is 9.79. The van der Waals surface area contributed by atoms with Crippen LogP contribution in [0.15, 0.2) is 182 Å². The highest BCUT2D eigenvalue weighted by Gasteiger charge is 2.36. The van der Waals surface area contributed by atoms with Crippen LogP contribution in [0.1, 0.15) is 48.9 Å². The Morgan fingerprint density at radius 1 is 0.625 bits per heavy atom. The lowest BCUT2D eigenvalue weighted by Crippen LogP contribution is -2.17. The summed E-state index contributed by atoms with van der Waals surface area (Å²) in [5, 5.41) is 4.76. The van der Waals surface area contributed by atoms with Crippen LogP contribution in [0.2, 0.25) is 0 Å². The normalized spacial score (nSPS) is 13.6. The summed E-state index contributed by atoms with van der Waals surface area (Å²) in [7, 11) is 0. The minimum Gasteiger partial charge on any atom is -0.405 e. The average molecular weight is 729 g/mol. The van der Waals surface area contributed by atoms with Crippen molar-refractivity contribution >= 4 is 44.2 Å². The molecule has 0 radical (unpaired) electrons. The molecule has 0 fully saturated rings. The first-order valence-corrected chi connectivity index (χ1v) is 19.4. The van der Waals surface area contributed by atoms with Crippen LogP contribution in [0.5, 0.6) is 0 Å². The van der Waals surface area contributed by atoms with Crippen LogP contribution in [0, 0.1) is 0 Å². The molecule has 4 nitrogen and oxygen atoms in total. The monoisotopic (exact) mass is 728 g/mol. The van der Waals surface area contributed by atoms with E-state index in [1.807, 2.05) is 36.4 Å². The third-order valence-corrected chi connectivity index (χ3v) is 11.2. The van der Waals surface area contributed by atoms with Crippen molar-refractivity contribution in [3.8, 4) is 22.3 Å². The minimum atomic E-state index is -0.157. The number of hydrogen-bond acceptors (Lipinski definition) is 4. The van der Waals surface area contributed by atoms with Crippen LogP contribution in [0.4, 0.5) is 17.1 Å². The number of nitrogens with zero attached hydrogens (tertiary/aromatic N) is 1. The summed E-state index contributed by atoms with van der Waals surface area (Å²) >= 11 is 0. The van der Waals surface area contributed by atoms with Gasteiger partial charge in [-0.1, -0.05) is 135 Å². The van der Waals surface area contributed by atoms with Crippen molar-refractivity contribution in [1.29, 1.82) is 0 Å². The van der Waals surface area contributed by atoms with Crippen molar-refractivity contribution in [3.05, 3.63) is 205 Å². The SMILES string of the molecule is CC1(C)c2ccccc2-c2cc3c(C(/C=C\CC/C=C\C=C/N)=C/N)c4ccccc4c(-c4cccc(CN(c5ccccc5)c5ccccc5N)c4)c3cc21. The molecule has 4 heteroatoms. The van der Waals surface area contributed by atoms with Gasteiger partial charge < -0.3 is 22.1 Å². The predicted octanol–water partition coefficient (Wildman–Crippen LogP) is 12.6. The zero-order chi connectivity index (χ0) is 38.6. The third kappa shape index (κ3) is 6.64. The molecule has 276 valence electrons. The average Bonchev–Trinajstić information content (AvgIpc) is 3.45. The van der Waals surface area contributed by atoms with E-state index in [9.17, 15) is 0 Å². The Kier molecular flexibility index (Phi) is 10.0. The number of para-hydroxylation sites is 3. The molecule has 7 aromatic rings. The smallest absolute Gasteiger partial charge is 0.0647 e. The third-order valence-electron chi connectivity index (χ3n) is 11.2. The molecule has 1 aliphatic rings. The van der Waals surface area contributed by atoms with Crippen LogP contribution in [0.3, 0.4) is 0 Å². The maximum Gasteiger partial charge on any atom is 0.0647 e. The highest BCUT2D eigenvalue weighted by molar-refractivity contribution is 6.20. The van der Waals surface area contributed by atoms with Gasteiger partial charge in [-0.3, -0.25) is 0 Å². The molecule has 0 saturated carbocycles. The van der Waals surface area contributed by atoms with Crippen molar-refractivity contribution in [2.75, 3.05) is 10.6 Å². The number of nitrogens with two attached hydrogens (primary N) is 3. The Balaban J connectivity index is 1.34. The molecule has 7 aromatic carbocycles. The molecule has 6 N–H and O–H groups in total. The Labute approximate surface area is 330 Å². The first-order chi connectivity index (χ1) is 27.4. The zero-order valence-corrected chi connectivity index (χ0v) is 32.1. The standard InChI is InChI=1S/C52H48N4/c1-52(2)46-27-14-13-24-40(46)43-32-44-45(33-47(43)52)50(41-25-11-12-26-42(41)51(44)38(34-54)20-8-5-3-4-6-17-30-53)37-21-18-19-36(31-37)35-56(39-22-9-7-10-23-39)49-29-16-15-28-48(49)55/h4,6-34H,3,5,35,53-55H2,1-2H3/b6-4-,20-8-,30-17-,38-34+. The van der Waals surface area contributed by atoms with E-state index in [2.05, 4.69) is 152 Å². The number of nitrogen functional groups attached to an aromatic ring is 1. The number of hydrogen-bond donors (Lipinski definition) is 3. The van der Waals surface area contributed by atoms with Gasteiger partial charge in [-0.15, -0.1) is 0 Å². The van der Waals surface area contributed by atoms with Crippen molar-refractivity contribution < 1.29 is 0 Å². The van der Waals surface area contributed by atoms with Crippen molar-refractivity contribution in [2.24, 2.45) is 11.5 Å². The zero-order valence-electron chi connectivity index (χ0n) is 32.1. The summed E-state index contributed by atoms with van der Waals surface area (Å²) in [6.45, 7) is 5.36. The Bertz CT molecular complexity index is 2680. The number of rotatable bonds is 11. The van der Waals surface area contributed by atoms with Gasteiger partial charge in [0.05, 0.1) is 11.4 Å². The molecule has 0 heterocycles. The van der Waals surface area contributed by atoms with E-state index in [-0.39, 0.29) is 5.41 Å². The highest BCUT2D eigenvalue weighted by Crippen LogP contribution is 2.52. The molecule has 56 heavy (non-hydrogen) atoms. The lowest BCUT2D eigenvalue weighted by Gasteiger charge is -2.27. The second-order valence-electron chi connectivity index (χ2n) is 15.0. The van der Waals surface area contributed by atoms with Gasteiger partial charge in [0.2, 0.25) is 0 Å².